The van der Waals surface area contributed by atoms with Gasteiger partial charge in [0.15, 0.2) is 11.6 Å². The highest BCUT2D eigenvalue weighted by Gasteiger charge is 2.24. The quantitative estimate of drug-likeness (QED) is 0.794. The number of rotatable bonds is 6. The molecule has 148 valence electrons. The van der Waals surface area contributed by atoms with Crippen LogP contribution in [-0.2, 0) is 24.2 Å². The molecule has 1 fully saturated rings. The van der Waals surface area contributed by atoms with Crippen LogP contribution in [0.4, 0.5) is 14.5 Å². The molecule has 0 bridgehead atoms. The van der Waals surface area contributed by atoms with Crippen molar-refractivity contribution in [3.05, 3.63) is 58.7 Å². The van der Waals surface area contributed by atoms with Crippen LogP contribution in [0.25, 0.3) is 0 Å². The molecular weight excluding hydrogens is 364 g/mol. The van der Waals surface area contributed by atoms with E-state index in [-0.39, 0.29) is 18.2 Å². The Kier molecular flexibility index (Phi) is 5.20. The van der Waals surface area contributed by atoms with Crippen molar-refractivity contribution < 1.29 is 23.4 Å². The van der Waals surface area contributed by atoms with Gasteiger partial charge in [-0.2, -0.15) is 0 Å². The maximum absolute atomic E-state index is 14.5. The number of carbonyl (C=O) groups is 1. The lowest BCUT2D eigenvalue weighted by atomic mass is 9.95. The molecule has 6 heteroatoms. The van der Waals surface area contributed by atoms with Crippen molar-refractivity contribution in [2.75, 3.05) is 11.4 Å². The molecule has 4 nitrogen and oxygen atoms in total. The van der Waals surface area contributed by atoms with E-state index < -0.39 is 17.6 Å². The molecule has 1 N–H and O–H groups in total. The number of aliphatic carboxylic acids is 1. The maximum Gasteiger partial charge on any atom is 0.303 e. The number of anilines is 1. The molecule has 0 unspecified atom stereocenters. The predicted octanol–water partition coefficient (Wildman–Crippen LogP) is 4.48. The minimum atomic E-state index is -0.887. The molecule has 1 aliphatic carbocycles. The Hall–Kier alpha value is -2.63. The van der Waals surface area contributed by atoms with Gasteiger partial charge in [0.25, 0.3) is 0 Å². The van der Waals surface area contributed by atoms with Crippen molar-refractivity contribution in [3.8, 4) is 5.75 Å². The lowest BCUT2D eigenvalue weighted by molar-refractivity contribution is -0.136. The summed E-state index contributed by atoms with van der Waals surface area (Å²) in [6.07, 6.45) is 4.41. The second-order valence-corrected chi connectivity index (χ2v) is 7.58. The molecule has 2 aromatic carbocycles. The Morgan fingerprint density at radius 3 is 2.71 bits per heavy atom. The third-order valence-corrected chi connectivity index (χ3v) is 5.59. The smallest absolute Gasteiger partial charge is 0.303 e. The Labute approximate surface area is 162 Å². The summed E-state index contributed by atoms with van der Waals surface area (Å²) in [7, 11) is 0. The summed E-state index contributed by atoms with van der Waals surface area (Å²) in [4.78, 5) is 12.6. The standard InChI is InChI=1S/C22H23F2NO3/c23-19-11-18(28-17-2-1-3-17)12-20(22(19)24)25-9-8-15-10-14(5-7-21(26)27)4-6-16(15)13-25/h4,6,10-12,17H,1-3,5,7-9,13H2,(H,26,27). The Bertz CT molecular complexity index is 896. The number of aryl methyl sites for hydroxylation is 1. The molecule has 0 atom stereocenters. The predicted molar refractivity (Wildman–Crippen MR) is 102 cm³/mol. The van der Waals surface area contributed by atoms with Gasteiger partial charge >= 0.3 is 5.97 Å². The molecular formula is C22H23F2NO3. The van der Waals surface area contributed by atoms with Crippen LogP contribution in [0.15, 0.2) is 30.3 Å². The molecule has 0 amide bonds. The third-order valence-electron chi connectivity index (χ3n) is 5.59. The van der Waals surface area contributed by atoms with E-state index >= 15 is 0 Å². The highest BCUT2D eigenvalue weighted by molar-refractivity contribution is 5.67. The van der Waals surface area contributed by atoms with Crippen LogP contribution in [0.1, 0.15) is 42.4 Å². The van der Waals surface area contributed by atoms with Gasteiger partial charge in [-0.25, -0.2) is 8.78 Å². The maximum atomic E-state index is 14.5. The van der Waals surface area contributed by atoms with E-state index in [9.17, 15) is 13.6 Å². The van der Waals surface area contributed by atoms with E-state index in [1.54, 1.807) is 6.07 Å². The SMILES string of the molecule is O=C(O)CCc1ccc2c(c1)CCN(c1cc(OC3CCC3)cc(F)c1F)C2. The number of hydrogen-bond acceptors (Lipinski definition) is 3. The van der Waals surface area contributed by atoms with Crippen LogP contribution in [0.5, 0.6) is 5.75 Å². The van der Waals surface area contributed by atoms with Gasteiger partial charge in [-0.15, -0.1) is 0 Å². The fourth-order valence-electron chi connectivity index (χ4n) is 3.75. The van der Waals surface area contributed by atoms with Gasteiger partial charge in [-0.05, 0) is 48.8 Å². The van der Waals surface area contributed by atoms with E-state index in [0.29, 0.717) is 31.7 Å². The number of hydrogen-bond donors (Lipinski definition) is 1. The van der Waals surface area contributed by atoms with Crippen LogP contribution < -0.4 is 9.64 Å². The second kappa shape index (κ2) is 7.78. The fraction of sp³-hybridized carbons (Fsp3) is 0.409. The second-order valence-electron chi connectivity index (χ2n) is 7.58. The fourth-order valence-corrected chi connectivity index (χ4v) is 3.75. The molecule has 0 spiro atoms. The van der Waals surface area contributed by atoms with Crippen molar-refractivity contribution in [1.29, 1.82) is 0 Å². The van der Waals surface area contributed by atoms with Gasteiger partial charge in [-0.3, -0.25) is 4.79 Å². The number of carboxylic acids is 1. The van der Waals surface area contributed by atoms with Crippen LogP contribution in [0.2, 0.25) is 0 Å². The van der Waals surface area contributed by atoms with E-state index in [2.05, 4.69) is 0 Å². The third kappa shape index (κ3) is 3.96. The van der Waals surface area contributed by atoms with Gasteiger partial charge in [-0.1, -0.05) is 18.2 Å². The first kappa shape index (κ1) is 18.7. The average Bonchev–Trinajstić information content (AvgIpc) is 2.65. The van der Waals surface area contributed by atoms with Crippen LogP contribution >= 0.6 is 0 Å². The number of fused-ring (bicyclic) bond motifs is 1. The molecule has 0 aromatic heterocycles. The molecule has 28 heavy (non-hydrogen) atoms. The minimum absolute atomic E-state index is 0.100. The number of nitrogens with zero attached hydrogens (tertiary/aromatic N) is 1. The monoisotopic (exact) mass is 387 g/mol. The van der Waals surface area contributed by atoms with E-state index in [4.69, 9.17) is 9.84 Å². The van der Waals surface area contributed by atoms with E-state index in [1.165, 1.54) is 0 Å². The number of halogens is 2. The summed E-state index contributed by atoms with van der Waals surface area (Å²) < 4.78 is 34.4. The summed E-state index contributed by atoms with van der Waals surface area (Å²) in [6.45, 7) is 1.05. The van der Waals surface area contributed by atoms with Gasteiger partial charge < -0.3 is 14.7 Å². The first-order valence-electron chi connectivity index (χ1n) is 9.73. The number of ether oxygens (including phenoxy) is 1. The zero-order chi connectivity index (χ0) is 19.7. The average molecular weight is 387 g/mol. The summed E-state index contributed by atoms with van der Waals surface area (Å²) in [5.74, 6) is -2.16. The summed E-state index contributed by atoms with van der Waals surface area (Å²) in [5, 5.41) is 8.84. The molecule has 1 saturated carbocycles. The lowest BCUT2D eigenvalue weighted by Gasteiger charge is -2.32. The molecule has 2 aliphatic rings. The molecule has 0 saturated heterocycles. The molecule has 4 rings (SSSR count). The van der Waals surface area contributed by atoms with E-state index in [0.717, 1.165) is 42.0 Å². The number of benzene rings is 2. The van der Waals surface area contributed by atoms with Crippen molar-refractivity contribution in [1.82, 2.24) is 0 Å². The van der Waals surface area contributed by atoms with Gasteiger partial charge in [0.05, 0.1) is 11.8 Å². The van der Waals surface area contributed by atoms with Crippen LogP contribution in [-0.4, -0.2) is 23.7 Å². The van der Waals surface area contributed by atoms with Gasteiger partial charge in [0.1, 0.15) is 5.75 Å². The van der Waals surface area contributed by atoms with Crippen molar-refractivity contribution in [2.45, 2.75) is 51.2 Å². The largest absolute Gasteiger partial charge is 0.490 e. The lowest BCUT2D eigenvalue weighted by Crippen LogP contribution is -2.31. The molecule has 1 aliphatic heterocycles. The summed E-state index contributed by atoms with van der Waals surface area (Å²) in [6, 6.07) is 8.63. The summed E-state index contributed by atoms with van der Waals surface area (Å²) in [5.41, 5.74) is 3.41. The van der Waals surface area contributed by atoms with Crippen molar-refractivity contribution >= 4 is 11.7 Å². The zero-order valence-electron chi connectivity index (χ0n) is 15.6. The normalized spacial score (nSPS) is 16.4. The molecule has 2 aromatic rings. The van der Waals surface area contributed by atoms with Crippen LogP contribution in [0, 0.1) is 11.6 Å². The Morgan fingerprint density at radius 1 is 1.18 bits per heavy atom. The topological polar surface area (TPSA) is 49.8 Å². The molecule has 0 radical (unpaired) electrons. The highest BCUT2D eigenvalue weighted by atomic mass is 19.2. The minimum Gasteiger partial charge on any atom is -0.490 e. The zero-order valence-corrected chi connectivity index (χ0v) is 15.6. The van der Waals surface area contributed by atoms with E-state index in [1.807, 2.05) is 23.1 Å². The van der Waals surface area contributed by atoms with Crippen LogP contribution in [0.3, 0.4) is 0 Å². The van der Waals surface area contributed by atoms with Gasteiger partial charge in [0, 0.05) is 31.6 Å². The first-order chi connectivity index (χ1) is 13.5. The summed E-state index contributed by atoms with van der Waals surface area (Å²) >= 11 is 0. The first-order valence-corrected chi connectivity index (χ1v) is 9.73. The van der Waals surface area contributed by atoms with Crippen molar-refractivity contribution in [3.63, 3.8) is 0 Å². The Morgan fingerprint density at radius 2 is 2.00 bits per heavy atom. The highest BCUT2D eigenvalue weighted by Crippen LogP contribution is 2.34. The molecule has 1 heterocycles. The van der Waals surface area contributed by atoms with Crippen molar-refractivity contribution in [2.24, 2.45) is 0 Å². The number of carboxylic acid groups (broad SMARTS) is 1. The van der Waals surface area contributed by atoms with Gasteiger partial charge in [0.2, 0.25) is 0 Å². The Balaban J connectivity index is 1.52.